The van der Waals surface area contributed by atoms with Gasteiger partial charge in [-0.15, -0.1) is 0 Å². The summed E-state index contributed by atoms with van der Waals surface area (Å²) in [5.74, 6) is 0.132. The summed E-state index contributed by atoms with van der Waals surface area (Å²) in [5, 5.41) is 5.89. The van der Waals surface area contributed by atoms with Gasteiger partial charge in [-0.1, -0.05) is 0 Å². The molecule has 1 atom stereocenters. The molecule has 0 spiro atoms. The van der Waals surface area contributed by atoms with Gasteiger partial charge in [-0.25, -0.2) is 0 Å². The lowest BCUT2D eigenvalue weighted by Crippen LogP contribution is -2.32. The van der Waals surface area contributed by atoms with Crippen molar-refractivity contribution in [2.45, 2.75) is 18.9 Å². The standard InChI is InChI=1S/C9H19N3O/c1-10-8-3-5-12(7-8)6-4-9(13)11-2/h8,10H,3-7H2,1-2H3,(H,11,13). The molecule has 1 amide bonds. The first kappa shape index (κ1) is 10.5. The highest BCUT2D eigenvalue weighted by Crippen LogP contribution is 2.08. The molecule has 1 aliphatic rings. The maximum Gasteiger partial charge on any atom is 0.221 e. The number of amides is 1. The van der Waals surface area contributed by atoms with Crippen molar-refractivity contribution in [3.05, 3.63) is 0 Å². The summed E-state index contributed by atoms with van der Waals surface area (Å²) in [6, 6.07) is 0.615. The average Bonchev–Trinajstić information content (AvgIpc) is 2.61. The minimum absolute atomic E-state index is 0.132. The number of carbonyl (C=O) groups excluding carboxylic acids is 1. The molecule has 0 aromatic carbocycles. The summed E-state index contributed by atoms with van der Waals surface area (Å²) in [7, 11) is 3.68. The van der Waals surface area contributed by atoms with Crippen molar-refractivity contribution in [3.8, 4) is 0 Å². The van der Waals surface area contributed by atoms with Crippen molar-refractivity contribution in [1.82, 2.24) is 15.5 Å². The number of nitrogens with one attached hydrogen (secondary N) is 2. The first-order chi connectivity index (χ1) is 6.26. The molecule has 0 bridgehead atoms. The number of nitrogens with zero attached hydrogens (tertiary/aromatic N) is 1. The predicted octanol–water partition coefficient (Wildman–Crippen LogP) is -0.584. The summed E-state index contributed by atoms with van der Waals surface area (Å²) >= 11 is 0. The normalized spacial score (nSPS) is 23.4. The minimum atomic E-state index is 0.132. The van der Waals surface area contributed by atoms with E-state index in [4.69, 9.17) is 0 Å². The second-order valence-corrected chi connectivity index (χ2v) is 3.50. The minimum Gasteiger partial charge on any atom is -0.359 e. The highest BCUT2D eigenvalue weighted by atomic mass is 16.1. The zero-order chi connectivity index (χ0) is 9.68. The van der Waals surface area contributed by atoms with Gasteiger partial charge in [0.25, 0.3) is 0 Å². The molecule has 1 unspecified atom stereocenters. The van der Waals surface area contributed by atoms with Crippen molar-refractivity contribution < 1.29 is 4.79 Å². The summed E-state index contributed by atoms with van der Waals surface area (Å²) in [6.45, 7) is 3.08. The molecule has 4 heteroatoms. The second-order valence-electron chi connectivity index (χ2n) is 3.50. The van der Waals surface area contributed by atoms with Crippen LogP contribution in [0.4, 0.5) is 0 Å². The number of hydrogen-bond acceptors (Lipinski definition) is 3. The largest absolute Gasteiger partial charge is 0.359 e. The van der Waals surface area contributed by atoms with Crippen LogP contribution in [0.15, 0.2) is 0 Å². The van der Waals surface area contributed by atoms with E-state index >= 15 is 0 Å². The van der Waals surface area contributed by atoms with E-state index in [-0.39, 0.29) is 5.91 Å². The van der Waals surface area contributed by atoms with Gasteiger partial charge < -0.3 is 15.5 Å². The summed E-state index contributed by atoms with van der Waals surface area (Å²) < 4.78 is 0. The van der Waals surface area contributed by atoms with Gasteiger partial charge in [0, 0.05) is 32.6 Å². The Morgan fingerprint density at radius 1 is 1.54 bits per heavy atom. The summed E-state index contributed by atoms with van der Waals surface area (Å²) in [4.78, 5) is 13.3. The molecule has 0 radical (unpaired) electrons. The zero-order valence-corrected chi connectivity index (χ0v) is 8.47. The molecule has 1 fully saturated rings. The first-order valence-electron chi connectivity index (χ1n) is 4.86. The third-order valence-corrected chi connectivity index (χ3v) is 2.61. The van der Waals surface area contributed by atoms with E-state index in [1.165, 1.54) is 6.42 Å². The quantitative estimate of drug-likeness (QED) is 0.615. The monoisotopic (exact) mass is 185 g/mol. The average molecular weight is 185 g/mol. The van der Waals surface area contributed by atoms with Gasteiger partial charge in [-0.3, -0.25) is 4.79 Å². The molecular formula is C9H19N3O. The summed E-state index contributed by atoms with van der Waals surface area (Å²) in [5.41, 5.74) is 0. The van der Waals surface area contributed by atoms with Crippen molar-refractivity contribution in [3.63, 3.8) is 0 Å². The fourth-order valence-corrected chi connectivity index (χ4v) is 1.66. The zero-order valence-electron chi connectivity index (χ0n) is 8.47. The van der Waals surface area contributed by atoms with E-state index in [2.05, 4.69) is 15.5 Å². The van der Waals surface area contributed by atoms with Crippen LogP contribution in [-0.4, -0.2) is 50.6 Å². The van der Waals surface area contributed by atoms with Crippen LogP contribution in [0.1, 0.15) is 12.8 Å². The topological polar surface area (TPSA) is 44.4 Å². The van der Waals surface area contributed by atoms with Crippen LogP contribution in [0, 0.1) is 0 Å². The Morgan fingerprint density at radius 3 is 2.85 bits per heavy atom. The number of likely N-dealkylation sites (tertiary alicyclic amines) is 1. The molecule has 0 saturated carbocycles. The lowest BCUT2D eigenvalue weighted by Gasteiger charge is -2.14. The fraction of sp³-hybridized carbons (Fsp3) is 0.889. The van der Waals surface area contributed by atoms with E-state index in [0.29, 0.717) is 12.5 Å². The Balaban J connectivity index is 2.13. The Labute approximate surface area is 79.7 Å². The van der Waals surface area contributed by atoms with Gasteiger partial charge in [0.2, 0.25) is 5.91 Å². The third kappa shape index (κ3) is 3.32. The Bertz CT molecular complexity index is 172. The van der Waals surface area contributed by atoms with Crippen LogP contribution < -0.4 is 10.6 Å². The molecule has 1 saturated heterocycles. The third-order valence-electron chi connectivity index (χ3n) is 2.61. The van der Waals surface area contributed by atoms with Crippen LogP contribution in [0.3, 0.4) is 0 Å². The van der Waals surface area contributed by atoms with Crippen LogP contribution in [-0.2, 0) is 4.79 Å². The van der Waals surface area contributed by atoms with Crippen molar-refractivity contribution in [2.75, 3.05) is 33.7 Å². The second kappa shape index (κ2) is 5.19. The van der Waals surface area contributed by atoms with E-state index in [1.807, 2.05) is 7.05 Å². The molecular weight excluding hydrogens is 166 g/mol. The SMILES string of the molecule is CNC(=O)CCN1CCC(NC)C1. The Morgan fingerprint density at radius 2 is 2.31 bits per heavy atom. The Hall–Kier alpha value is -0.610. The van der Waals surface area contributed by atoms with Crippen molar-refractivity contribution >= 4 is 5.91 Å². The molecule has 0 aromatic heterocycles. The van der Waals surface area contributed by atoms with Gasteiger partial charge >= 0.3 is 0 Å². The number of carbonyl (C=O) groups is 1. The molecule has 76 valence electrons. The summed E-state index contributed by atoms with van der Waals surface area (Å²) in [6.07, 6.45) is 1.82. The molecule has 4 nitrogen and oxygen atoms in total. The lowest BCUT2D eigenvalue weighted by molar-refractivity contribution is -0.120. The molecule has 2 N–H and O–H groups in total. The van der Waals surface area contributed by atoms with Crippen LogP contribution in [0.5, 0.6) is 0 Å². The molecule has 1 heterocycles. The number of likely N-dealkylation sites (N-methyl/N-ethyl adjacent to an activating group) is 1. The predicted molar refractivity (Wildman–Crippen MR) is 52.6 cm³/mol. The van der Waals surface area contributed by atoms with E-state index < -0.39 is 0 Å². The van der Waals surface area contributed by atoms with Gasteiger partial charge in [0.1, 0.15) is 0 Å². The highest BCUT2D eigenvalue weighted by Gasteiger charge is 2.20. The highest BCUT2D eigenvalue weighted by molar-refractivity contribution is 5.75. The van der Waals surface area contributed by atoms with Gasteiger partial charge in [-0.05, 0) is 20.0 Å². The number of rotatable bonds is 4. The smallest absolute Gasteiger partial charge is 0.221 e. The molecule has 13 heavy (non-hydrogen) atoms. The maximum atomic E-state index is 11.0. The maximum absolute atomic E-state index is 11.0. The lowest BCUT2D eigenvalue weighted by atomic mass is 10.3. The van der Waals surface area contributed by atoms with Crippen molar-refractivity contribution in [2.24, 2.45) is 0 Å². The van der Waals surface area contributed by atoms with Crippen LogP contribution in [0.25, 0.3) is 0 Å². The number of hydrogen-bond donors (Lipinski definition) is 2. The van der Waals surface area contributed by atoms with E-state index in [0.717, 1.165) is 19.6 Å². The first-order valence-corrected chi connectivity index (χ1v) is 4.86. The van der Waals surface area contributed by atoms with Crippen LogP contribution in [0.2, 0.25) is 0 Å². The Kier molecular flexibility index (Phi) is 4.18. The van der Waals surface area contributed by atoms with Crippen molar-refractivity contribution in [1.29, 1.82) is 0 Å². The van der Waals surface area contributed by atoms with Crippen LogP contribution >= 0.6 is 0 Å². The van der Waals surface area contributed by atoms with Gasteiger partial charge in [0.05, 0.1) is 0 Å². The van der Waals surface area contributed by atoms with E-state index in [1.54, 1.807) is 7.05 Å². The molecule has 0 aliphatic carbocycles. The molecule has 0 aromatic rings. The molecule has 1 aliphatic heterocycles. The van der Waals surface area contributed by atoms with Gasteiger partial charge in [0.15, 0.2) is 0 Å². The molecule has 1 rings (SSSR count). The van der Waals surface area contributed by atoms with E-state index in [9.17, 15) is 4.79 Å². The fourth-order valence-electron chi connectivity index (χ4n) is 1.66. The van der Waals surface area contributed by atoms with Gasteiger partial charge in [-0.2, -0.15) is 0 Å².